The van der Waals surface area contributed by atoms with Crippen molar-refractivity contribution < 1.29 is 47.4 Å². The molecule has 2 rings (SSSR count). The molecule has 0 aliphatic rings. The number of hydrogen-bond donors (Lipinski definition) is 2. The zero-order valence-corrected chi connectivity index (χ0v) is 29.3. The van der Waals surface area contributed by atoms with E-state index < -0.39 is 39.1 Å². The van der Waals surface area contributed by atoms with Crippen LogP contribution in [0, 0.1) is 0 Å². The predicted molar refractivity (Wildman–Crippen MR) is 188 cm³/mol. The van der Waals surface area contributed by atoms with Crippen LogP contribution in [0.25, 0.3) is 12.2 Å². The Morgan fingerprint density at radius 2 is 1.00 bits per heavy atom. The van der Waals surface area contributed by atoms with Crippen molar-refractivity contribution in [3.63, 3.8) is 0 Å². The van der Waals surface area contributed by atoms with Crippen LogP contribution in [-0.2, 0) is 28.2 Å². The van der Waals surface area contributed by atoms with E-state index in [-0.39, 0.29) is 0 Å². The summed E-state index contributed by atoms with van der Waals surface area (Å²) in [7, 11) is -4.95. The van der Waals surface area contributed by atoms with Crippen molar-refractivity contribution in [2.45, 2.75) is 97.0 Å². The fourth-order valence-corrected chi connectivity index (χ4v) is 5.08. The number of benzene rings is 2. The summed E-state index contributed by atoms with van der Waals surface area (Å²) in [6.45, 7) is 4.61. The summed E-state index contributed by atoms with van der Waals surface area (Å²) in [6.07, 6.45) is 18.3. The van der Waals surface area contributed by atoms with Crippen LogP contribution in [0.5, 0.6) is 11.5 Å². The van der Waals surface area contributed by atoms with E-state index in [4.69, 9.17) is 18.9 Å². The number of ether oxygens (including phenoxy) is 4. The Hall–Kier alpha value is -3.43. The first-order chi connectivity index (χ1) is 23.2. The predicted octanol–water partition coefficient (Wildman–Crippen LogP) is 8.46. The number of rotatable bonds is 26. The zero-order chi connectivity index (χ0) is 34.9. The Kier molecular flexibility index (Phi) is 20.9. The van der Waals surface area contributed by atoms with Crippen molar-refractivity contribution in [3.8, 4) is 11.5 Å². The van der Waals surface area contributed by atoms with Gasteiger partial charge in [0.15, 0.2) is 0 Å². The normalized spacial score (nSPS) is 11.8. The molecule has 0 bridgehead atoms. The number of carbonyl (C=O) groups is 2. The molecular weight excluding hydrogens is 635 g/mol. The Labute approximate surface area is 285 Å². The van der Waals surface area contributed by atoms with Gasteiger partial charge in [-0.3, -0.25) is 4.52 Å². The summed E-state index contributed by atoms with van der Waals surface area (Å²) in [5.41, 5.74) is 1.47. The first kappa shape index (κ1) is 40.7. The van der Waals surface area contributed by atoms with E-state index in [1.165, 1.54) is 75.7 Å². The summed E-state index contributed by atoms with van der Waals surface area (Å²) in [5, 5.41) is 0. The standard InChI is InChI=1S/C37H53O10P/c1-3-5-7-9-11-13-27-43-33-21-15-31(16-22-33)19-25-36(38)45-29-35(47-48(40,41)42)30-46-37(39)26-20-32-17-23-34(24-18-32)44-28-14-12-10-8-6-4-2/h15-26,35H,3-14,27-30H2,1-2H3,(H2,40,41,42)/b25-19+,26-20+. The van der Waals surface area contributed by atoms with E-state index in [9.17, 15) is 23.9 Å². The summed E-state index contributed by atoms with van der Waals surface area (Å²) >= 11 is 0. The third-order valence-electron chi connectivity index (χ3n) is 7.23. The number of hydrogen-bond acceptors (Lipinski definition) is 8. The second kappa shape index (κ2) is 24.7. The summed E-state index contributed by atoms with van der Waals surface area (Å²) in [5.74, 6) is -0.0370. The molecule has 2 N–H and O–H groups in total. The summed E-state index contributed by atoms with van der Waals surface area (Å²) in [4.78, 5) is 43.0. The molecule has 0 fully saturated rings. The molecule has 0 saturated carbocycles. The molecule has 0 saturated heterocycles. The molecule has 0 heterocycles. The maximum atomic E-state index is 12.3. The van der Waals surface area contributed by atoms with Gasteiger partial charge in [0.1, 0.15) is 30.8 Å². The Bertz CT molecular complexity index is 1180. The number of phosphoric ester groups is 1. The van der Waals surface area contributed by atoms with E-state index in [0.29, 0.717) is 13.2 Å². The van der Waals surface area contributed by atoms with E-state index >= 15 is 0 Å². The smallest absolute Gasteiger partial charge is 0.470 e. The fourth-order valence-electron chi connectivity index (χ4n) is 4.57. The van der Waals surface area contributed by atoms with Gasteiger partial charge in [-0.25, -0.2) is 14.2 Å². The third-order valence-corrected chi connectivity index (χ3v) is 7.80. The molecule has 10 nitrogen and oxygen atoms in total. The second-order valence-corrected chi connectivity index (χ2v) is 12.7. The molecule has 2 aromatic rings. The molecule has 0 spiro atoms. The Balaban J connectivity index is 1.73. The maximum Gasteiger partial charge on any atom is 0.470 e. The van der Waals surface area contributed by atoms with Gasteiger partial charge >= 0.3 is 19.8 Å². The minimum Gasteiger partial charge on any atom is -0.494 e. The average Bonchev–Trinajstić information content (AvgIpc) is 3.07. The van der Waals surface area contributed by atoms with Crippen LogP contribution in [-0.4, -0.2) is 54.3 Å². The largest absolute Gasteiger partial charge is 0.494 e. The number of phosphoric acid groups is 1. The third kappa shape index (κ3) is 20.7. The van der Waals surface area contributed by atoms with E-state index in [2.05, 4.69) is 18.4 Å². The zero-order valence-electron chi connectivity index (χ0n) is 28.4. The molecule has 2 aromatic carbocycles. The van der Waals surface area contributed by atoms with Crippen LogP contribution in [0.3, 0.4) is 0 Å². The number of carbonyl (C=O) groups excluding carboxylic acids is 2. The summed E-state index contributed by atoms with van der Waals surface area (Å²) in [6, 6.07) is 14.5. The van der Waals surface area contributed by atoms with Crippen molar-refractivity contribution in [3.05, 3.63) is 71.8 Å². The van der Waals surface area contributed by atoms with Gasteiger partial charge in [0, 0.05) is 12.2 Å². The van der Waals surface area contributed by atoms with Gasteiger partial charge < -0.3 is 28.7 Å². The Morgan fingerprint density at radius 1 is 0.625 bits per heavy atom. The monoisotopic (exact) mass is 688 g/mol. The minimum absolute atomic E-state index is 0.545. The van der Waals surface area contributed by atoms with Gasteiger partial charge in [-0.2, -0.15) is 0 Å². The number of esters is 2. The van der Waals surface area contributed by atoms with Crippen LogP contribution in [0.4, 0.5) is 0 Å². The highest BCUT2D eigenvalue weighted by Crippen LogP contribution is 2.37. The molecule has 266 valence electrons. The average molecular weight is 689 g/mol. The highest BCUT2D eigenvalue weighted by molar-refractivity contribution is 7.46. The SMILES string of the molecule is CCCCCCCCOc1ccc(/C=C/C(=O)OCC(COC(=O)/C=C/c2ccc(OCCCCCCCC)cc2)OP(=O)(O)O)cc1. The maximum absolute atomic E-state index is 12.3. The van der Waals surface area contributed by atoms with Crippen molar-refractivity contribution in [2.75, 3.05) is 26.4 Å². The van der Waals surface area contributed by atoms with Crippen molar-refractivity contribution in [1.29, 1.82) is 0 Å². The summed E-state index contributed by atoms with van der Waals surface area (Å²) < 4.78 is 37.8. The molecule has 48 heavy (non-hydrogen) atoms. The van der Waals surface area contributed by atoms with Crippen molar-refractivity contribution in [1.82, 2.24) is 0 Å². The van der Waals surface area contributed by atoms with Gasteiger partial charge in [-0.05, 0) is 60.4 Å². The van der Waals surface area contributed by atoms with Crippen molar-refractivity contribution >= 4 is 31.9 Å². The molecule has 0 atom stereocenters. The van der Waals surface area contributed by atoms with Crippen LogP contribution < -0.4 is 9.47 Å². The Morgan fingerprint density at radius 3 is 1.38 bits per heavy atom. The highest BCUT2D eigenvalue weighted by atomic mass is 31.2. The lowest BCUT2D eigenvalue weighted by molar-refractivity contribution is -0.145. The van der Waals surface area contributed by atoms with E-state index in [1.807, 2.05) is 24.3 Å². The highest BCUT2D eigenvalue weighted by Gasteiger charge is 2.24. The van der Waals surface area contributed by atoms with Gasteiger partial charge in [-0.1, -0.05) is 102 Å². The fraction of sp³-hybridized carbons (Fsp3) is 0.514. The van der Waals surface area contributed by atoms with Crippen LogP contribution in [0.2, 0.25) is 0 Å². The minimum atomic E-state index is -4.95. The molecule has 0 aromatic heterocycles. The number of unbranched alkanes of at least 4 members (excludes halogenated alkanes) is 10. The van der Waals surface area contributed by atoms with E-state index in [1.54, 1.807) is 24.3 Å². The molecule has 0 aliphatic carbocycles. The lowest BCUT2D eigenvalue weighted by Gasteiger charge is -2.17. The van der Waals surface area contributed by atoms with Crippen LogP contribution >= 0.6 is 7.82 Å². The quantitative estimate of drug-likeness (QED) is 0.0428. The topological polar surface area (TPSA) is 138 Å². The van der Waals surface area contributed by atoms with Crippen LogP contribution in [0.1, 0.15) is 102 Å². The first-order valence-corrected chi connectivity index (χ1v) is 18.6. The lowest BCUT2D eigenvalue weighted by atomic mass is 10.1. The molecule has 0 aliphatic heterocycles. The van der Waals surface area contributed by atoms with E-state index in [0.717, 1.165) is 48.3 Å². The molecule has 0 unspecified atom stereocenters. The molecule has 11 heteroatoms. The van der Waals surface area contributed by atoms with Gasteiger partial charge in [0.25, 0.3) is 0 Å². The second-order valence-electron chi connectivity index (χ2n) is 11.5. The van der Waals surface area contributed by atoms with Crippen LogP contribution in [0.15, 0.2) is 60.7 Å². The molecule has 0 radical (unpaired) electrons. The van der Waals surface area contributed by atoms with Crippen molar-refractivity contribution in [2.24, 2.45) is 0 Å². The molecule has 0 amide bonds. The van der Waals surface area contributed by atoms with Gasteiger partial charge in [0.2, 0.25) is 0 Å². The van der Waals surface area contributed by atoms with Gasteiger partial charge in [0.05, 0.1) is 13.2 Å². The van der Waals surface area contributed by atoms with Gasteiger partial charge in [-0.15, -0.1) is 0 Å². The lowest BCUT2D eigenvalue weighted by Crippen LogP contribution is -2.27. The molecular formula is C37H53O10P. The first-order valence-electron chi connectivity index (χ1n) is 17.1.